The van der Waals surface area contributed by atoms with Crippen molar-refractivity contribution in [3.63, 3.8) is 0 Å². The van der Waals surface area contributed by atoms with Crippen LogP contribution in [-0.4, -0.2) is 0 Å². The van der Waals surface area contributed by atoms with E-state index in [1.54, 1.807) is 30.3 Å². The number of hydrogen-bond acceptors (Lipinski definition) is 0. The van der Waals surface area contributed by atoms with Crippen molar-refractivity contribution in [1.82, 2.24) is 0 Å². The van der Waals surface area contributed by atoms with Gasteiger partial charge in [0.15, 0.2) is 0 Å². The summed E-state index contributed by atoms with van der Waals surface area (Å²) in [6, 6.07) is 8.44. The van der Waals surface area contributed by atoms with E-state index < -0.39 is 0 Å². The molecule has 0 saturated heterocycles. The molecule has 2 rings (SSSR count). The van der Waals surface area contributed by atoms with Gasteiger partial charge in [-0.1, -0.05) is 64.1 Å². The molecule has 0 saturated carbocycles. The molecule has 2 aromatic carbocycles. The summed E-state index contributed by atoms with van der Waals surface area (Å²) in [5, 5.41) is 2.36. The Labute approximate surface area is 124 Å². The second-order valence-electron chi connectivity index (χ2n) is 3.37. The number of rotatable bonds is 1. The van der Waals surface area contributed by atoms with Crippen LogP contribution in [0.25, 0.3) is 11.1 Å². The van der Waals surface area contributed by atoms with Gasteiger partial charge in [-0.3, -0.25) is 0 Å². The number of benzene rings is 2. The zero-order valence-electron chi connectivity index (χ0n) is 8.28. The van der Waals surface area contributed by atoms with Crippen molar-refractivity contribution in [2.24, 2.45) is 0 Å². The lowest BCUT2D eigenvalue weighted by Crippen LogP contribution is -1.83. The molecular weight excluding hydrogens is 321 g/mol. The summed E-state index contributed by atoms with van der Waals surface area (Å²) in [4.78, 5) is 0. The van der Waals surface area contributed by atoms with Crippen LogP contribution in [0, 0.1) is 0 Å². The summed E-state index contributed by atoms with van der Waals surface area (Å²) in [6.45, 7) is 0. The minimum Gasteiger partial charge on any atom is -0.0843 e. The fraction of sp³-hybridized carbons (Fsp3) is 0. The molecule has 88 valence electrons. The molecule has 0 nitrogen and oxygen atoms in total. The Balaban J connectivity index is 2.68. The van der Waals surface area contributed by atoms with Crippen molar-refractivity contribution in [3.8, 4) is 11.1 Å². The van der Waals surface area contributed by atoms with Gasteiger partial charge in [0.25, 0.3) is 0 Å². The van der Waals surface area contributed by atoms with Crippen LogP contribution in [0.5, 0.6) is 0 Å². The average molecular weight is 326 g/mol. The Morgan fingerprint density at radius 1 is 0.588 bits per heavy atom. The van der Waals surface area contributed by atoms with Gasteiger partial charge in [-0.2, -0.15) is 0 Å². The van der Waals surface area contributed by atoms with Gasteiger partial charge >= 0.3 is 0 Å². The molecule has 0 spiro atoms. The Bertz CT molecular complexity index is 577. The monoisotopic (exact) mass is 324 g/mol. The molecule has 0 aliphatic rings. The minimum atomic E-state index is 0.389. The zero-order chi connectivity index (χ0) is 12.6. The number of hydrogen-bond donors (Lipinski definition) is 0. The molecular formula is C12H5Cl5. The molecule has 2 aromatic rings. The second kappa shape index (κ2) is 5.26. The maximum atomic E-state index is 6.13. The summed E-state index contributed by atoms with van der Waals surface area (Å²) < 4.78 is 0. The van der Waals surface area contributed by atoms with Crippen molar-refractivity contribution < 1.29 is 0 Å². The third kappa shape index (κ3) is 2.83. The lowest BCUT2D eigenvalue weighted by molar-refractivity contribution is 1.61. The Morgan fingerprint density at radius 3 is 1.88 bits per heavy atom. The van der Waals surface area contributed by atoms with Crippen molar-refractivity contribution in [1.29, 1.82) is 0 Å². The molecule has 17 heavy (non-hydrogen) atoms. The van der Waals surface area contributed by atoms with E-state index in [2.05, 4.69) is 0 Å². The SMILES string of the molecule is Clc1ccc(-c2cc(Cl)cc(Cl)c2Cl)c(Cl)c1. The average Bonchev–Trinajstić information content (AvgIpc) is 2.24. The first kappa shape index (κ1) is 13.3. The van der Waals surface area contributed by atoms with Gasteiger partial charge in [0.2, 0.25) is 0 Å². The van der Waals surface area contributed by atoms with Crippen LogP contribution in [0.1, 0.15) is 0 Å². The normalized spacial score (nSPS) is 10.6. The fourth-order valence-corrected chi connectivity index (χ4v) is 2.67. The third-order valence-corrected chi connectivity index (χ3v) is 3.78. The maximum absolute atomic E-state index is 6.13. The quantitative estimate of drug-likeness (QED) is 0.517. The molecule has 0 aliphatic carbocycles. The highest BCUT2D eigenvalue weighted by molar-refractivity contribution is 6.45. The summed E-state index contributed by atoms with van der Waals surface area (Å²) in [5.74, 6) is 0. The van der Waals surface area contributed by atoms with Crippen LogP contribution in [0.2, 0.25) is 25.1 Å². The first-order chi connectivity index (χ1) is 7.99. The van der Waals surface area contributed by atoms with Crippen LogP contribution < -0.4 is 0 Å². The first-order valence-electron chi connectivity index (χ1n) is 4.59. The van der Waals surface area contributed by atoms with E-state index in [1.807, 2.05) is 0 Å². The van der Waals surface area contributed by atoms with Gasteiger partial charge in [0.05, 0.1) is 10.0 Å². The van der Waals surface area contributed by atoms with E-state index in [4.69, 9.17) is 58.0 Å². The van der Waals surface area contributed by atoms with Crippen LogP contribution >= 0.6 is 58.0 Å². The molecule has 0 atom stereocenters. The Morgan fingerprint density at radius 2 is 1.24 bits per heavy atom. The van der Waals surface area contributed by atoms with E-state index in [-0.39, 0.29) is 0 Å². The Hall–Kier alpha value is -0.110. The van der Waals surface area contributed by atoms with E-state index in [0.717, 1.165) is 5.56 Å². The van der Waals surface area contributed by atoms with Crippen molar-refractivity contribution in [3.05, 3.63) is 55.4 Å². The van der Waals surface area contributed by atoms with Gasteiger partial charge in [-0.05, 0) is 24.3 Å². The van der Waals surface area contributed by atoms with Gasteiger partial charge in [0.1, 0.15) is 0 Å². The van der Waals surface area contributed by atoms with Gasteiger partial charge in [0, 0.05) is 26.2 Å². The molecule has 0 heterocycles. The summed E-state index contributed by atoms with van der Waals surface area (Å²) in [7, 11) is 0. The lowest BCUT2D eigenvalue weighted by atomic mass is 10.1. The molecule has 0 fully saturated rings. The van der Waals surface area contributed by atoms with Gasteiger partial charge in [-0.15, -0.1) is 0 Å². The summed E-state index contributed by atoms with van der Waals surface area (Å²) >= 11 is 30.0. The zero-order valence-corrected chi connectivity index (χ0v) is 12.1. The smallest absolute Gasteiger partial charge is 0.0672 e. The molecule has 0 unspecified atom stereocenters. The van der Waals surface area contributed by atoms with E-state index in [0.29, 0.717) is 30.7 Å². The van der Waals surface area contributed by atoms with Crippen LogP contribution in [0.15, 0.2) is 30.3 Å². The van der Waals surface area contributed by atoms with Crippen molar-refractivity contribution in [2.45, 2.75) is 0 Å². The fourth-order valence-electron chi connectivity index (χ4n) is 1.46. The predicted octanol–water partition coefficient (Wildman–Crippen LogP) is 6.62. The molecule has 0 N–H and O–H groups in total. The minimum absolute atomic E-state index is 0.389. The molecule has 0 aromatic heterocycles. The van der Waals surface area contributed by atoms with E-state index >= 15 is 0 Å². The molecule has 0 amide bonds. The predicted molar refractivity (Wildman–Crippen MR) is 76.9 cm³/mol. The van der Waals surface area contributed by atoms with E-state index in [9.17, 15) is 0 Å². The van der Waals surface area contributed by atoms with Crippen molar-refractivity contribution in [2.75, 3.05) is 0 Å². The highest BCUT2D eigenvalue weighted by Crippen LogP contribution is 2.39. The summed E-state index contributed by atoms with van der Waals surface area (Å²) in [6.07, 6.45) is 0. The molecule has 0 bridgehead atoms. The topological polar surface area (TPSA) is 0 Å². The van der Waals surface area contributed by atoms with Gasteiger partial charge in [-0.25, -0.2) is 0 Å². The molecule has 0 aliphatic heterocycles. The maximum Gasteiger partial charge on any atom is 0.0672 e. The first-order valence-corrected chi connectivity index (χ1v) is 6.48. The highest BCUT2D eigenvalue weighted by Gasteiger charge is 2.12. The van der Waals surface area contributed by atoms with Crippen LogP contribution in [-0.2, 0) is 0 Å². The summed E-state index contributed by atoms with van der Waals surface area (Å²) in [5.41, 5.74) is 1.43. The lowest BCUT2D eigenvalue weighted by Gasteiger charge is -2.09. The van der Waals surface area contributed by atoms with Gasteiger partial charge < -0.3 is 0 Å². The molecule has 5 heteroatoms. The molecule has 0 radical (unpaired) electrons. The Kier molecular flexibility index (Phi) is 4.12. The second-order valence-corrected chi connectivity index (χ2v) is 5.44. The standard InChI is InChI=1S/C12H5Cl5/c13-6-1-2-8(10(15)4-6)9-3-7(14)5-11(16)12(9)17/h1-5H. The number of halogens is 5. The van der Waals surface area contributed by atoms with E-state index in [1.165, 1.54) is 0 Å². The van der Waals surface area contributed by atoms with Crippen LogP contribution in [0.4, 0.5) is 0 Å². The van der Waals surface area contributed by atoms with Crippen molar-refractivity contribution >= 4 is 58.0 Å². The highest BCUT2D eigenvalue weighted by atomic mass is 35.5. The third-order valence-electron chi connectivity index (χ3n) is 2.21. The largest absolute Gasteiger partial charge is 0.0843 e. The van der Waals surface area contributed by atoms with Crippen LogP contribution in [0.3, 0.4) is 0 Å².